The number of H-pyrrole nitrogens is 1. The molecule has 1 heterocycles. The number of nitrogens with one attached hydrogen (secondary N) is 2. The first-order valence-electron chi connectivity index (χ1n) is 7.59. The molecule has 2 nitrogen and oxygen atoms in total. The Bertz CT molecular complexity index is 700. The summed E-state index contributed by atoms with van der Waals surface area (Å²) in [4.78, 5) is 3.24. The number of benzene rings is 2. The van der Waals surface area contributed by atoms with Crippen molar-refractivity contribution < 1.29 is 0 Å². The van der Waals surface area contributed by atoms with Crippen LogP contribution in [0.5, 0.6) is 0 Å². The first-order valence-corrected chi connectivity index (χ1v) is 7.59. The van der Waals surface area contributed by atoms with Gasteiger partial charge in [-0.2, -0.15) is 0 Å². The molecule has 0 aliphatic carbocycles. The number of aromatic amines is 1. The maximum atomic E-state index is 3.68. The summed E-state index contributed by atoms with van der Waals surface area (Å²) in [7, 11) is 0. The van der Waals surface area contributed by atoms with E-state index in [0.29, 0.717) is 12.1 Å². The van der Waals surface area contributed by atoms with Crippen LogP contribution in [0.2, 0.25) is 0 Å². The molecular formula is C19H22N2. The fourth-order valence-corrected chi connectivity index (χ4v) is 2.91. The van der Waals surface area contributed by atoms with Gasteiger partial charge in [0.2, 0.25) is 0 Å². The van der Waals surface area contributed by atoms with Crippen LogP contribution in [0.1, 0.15) is 31.0 Å². The second kappa shape index (κ2) is 6.15. The Morgan fingerprint density at radius 3 is 2.62 bits per heavy atom. The molecule has 0 unspecified atom stereocenters. The largest absolute Gasteiger partial charge is 0.361 e. The minimum atomic E-state index is 0.372. The summed E-state index contributed by atoms with van der Waals surface area (Å²) >= 11 is 0. The van der Waals surface area contributed by atoms with E-state index >= 15 is 0 Å². The topological polar surface area (TPSA) is 27.8 Å². The highest BCUT2D eigenvalue weighted by Gasteiger charge is 2.10. The molecule has 2 aromatic carbocycles. The van der Waals surface area contributed by atoms with Gasteiger partial charge in [-0.15, -0.1) is 0 Å². The van der Waals surface area contributed by atoms with Gasteiger partial charge in [-0.25, -0.2) is 0 Å². The van der Waals surface area contributed by atoms with Gasteiger partial charge in [0.15, 0.2) is 0 Å². The molecule has 2 heteroatoms. The van der Waals surface area contributed by atoms with Crippen molar-refractivity contribution in [1.82, 2.24) is 10.3 Å². The molecule has 0 bridgehead atoms. The molecule has 108 valence electrons. The van der Waals surface area contributed by atoms with Crippen molar-refractivity contribution >= 4 is 10.9 Å². The Morgan fingerprint density at radius 1 is 1.00 bits per heavy atom. The van der Waals surface area contributed by atoms with Gasteiger partial charge < -0.3 is 10.3 Å². The van der Waals surface area contributed by atoms with Crippen molar-refractivity contribution in [3.8, 4) is 0 Å². The molecule has 3 aromatic rings. The molecule has 0 aliphatic rings. The van der Waals surface area contributed by atoms with Crippen molar-refractivity contribution in [3.05, 3.63) is 71.9 Å². The summed E-state index contributed by atoms with van der Waals surface area (Å²) < 4.78 is 0. The molecule has 0 spiro atoms. The van der Waals surface area contributed by atoms with Gasteiger partial charge in [-0.1, -0.05) is 36.4 Å². The number of aromatic nitrogens is 1. The highest BCUT2D eigenvalue weighted by Crippen LogP contribution is 2.17. The minimum absolute atomic E-state index is 0.372. The predicted octanol–water partition coefficient (Wildman–Crippen LogP) is 4.45. The lowest BCUT2D eigenvalue weighted by Crippen LogP contribution is -2.30. The van der Waals surface area contributed by atoms with Crippen LogP contribution < -0.4 is 5.32 Å². The maximum Gasteiger partial charge on any atom is 0.0454 e. The Labute approximate surface area is 126 Å². The second-order valence-electron chi connectivity index (χ2n) is 5.80. The van der Waals surface area contributed by atoms with Crippen LogP contribution in [0.4, 0.5) is 0 Å². The van der Waals surface area contributed by atoms with Crippen LogP contribution >= 0.6 is 0 Å². The van der Waals surface area contributed by atoms with E-state index in [0.717, 1.165) is 6.42 Å². The van der Waals surface area contributed by atoms with E-state index in [1.54, 1.807) is 0 Å². The summed E-state index contributed by atoms with van der Waals surface area (Å²) in [6.45, 7) is 4.47. The Balaban J connectivity index is 1.64. The molecule has 0 aliphatic heterocycles. The van der Waals surface area contributed by atoms with Crippen LogP contribution in [0.25, 0.3) is 10.9 Å². The number of hydrogen-bond acceptors (Lipinski definition) is 1. The maximum absolute atomic E-state index is 3.68. The Hall–Kier alpha value is -2.06. The van der Waals surface area contributed by atoms with Crippen molar-refractivity contribution in [2.45, 2.75) is 32.4 Å². The van der Waals surface area contributed by atoms with Crippen molar-refractivity contribution in [1.29, 1.82) is 0 Å². The summed E-state index contributed by atoms with van der Waals surface area (Å²) in [5.74, 6) is 0. The summed E-state index contributed by atoms with van der Waals surface area (Å²) in [6.07, 6.45) is 3.03. The van der Waals surface area contributed by atoms with E-state index in [1.165, 1.54) is 22.0 Å². The number of rotatable bonds is 5. The van der Waals surface area contributed by atoms with Crippen molar-refractivity contribution in [3.63, 3.8) is 0 Å². The molecule has 3 rings (SSSR count). The highest BCUT2D eigenvalue weighted by molar-refractivity contribution is 5.79. The lowest BCUT2D eigenvalue weighted by atomic mass is 10.0. The molecular weight excluding hydrogens is 256 g/mol. The van der Waals surface area contributed by atoms with E-state index in [-0.39, 0.29) is 0 Å². The monoisotopic (exact) mass is 278 g/mol. The average Bonchev–Trinajstić information content (AvgIpc) is 2.95. The Kier molecular flexibility index (Phi) is 4.07. The van der Waals surface area contributed by atoms with Gasteiger partial charge in [0.05, 0.1) is 0 Å². The number of hydrogen-bond donors (Lipinski definition) is 2. The molecule has 0 saturated heterocycles. The van der Waals surface area contributed by atoms with Crippen LogP contribution in [-0.4, -0.2) is 11.0 Å². The van der Waals surface area contributed by atoms with E-state index < -0.39 is 0 Å². The third-order valence-electron chi connectivity index (χ3n) is 3.99. The molecule has 1 aromatic heterocycles. The first kappa shape index (κ1) is 13.9. The Morgan fingerprint density at radius 2 is 1.81 bits per heavy atom. The van der Waals surface area contributed by atoms with Gasteiger partial charge in [0.1, 0.15) is 0 Å². The van der Waals surface area contributed by atoms with Gasteiger partial charge in [0, 0.05) is 23.8 Å². The van der Waals surface area contributed by atoms with Crippen LogP contribution in [0, 0.1) is 0 Å². The molecule has 0 fully saturated rings. The average molecular weight is 278 g/mol. The minimum Gasteiger partial charge on any atom is -0.361 e. The van der Waals surface area contributed by atoms with E-state index in [2.05, 4.69) is 78.7 Å². The third kappa shape index (κ3) is 3.34. The molecule has 0 amide bonds. The zero-order valence-electron chi connectivity index (χ0n) is 12.6. The lowest BCUT2D eigenvalue weighted by Gasteiger charge is -2.20. The summed E-state index contributed by atoms with van der Waals surface area (Å²) in [5.41, 5.74) is 3.92. The smallest absolute Gasteiger partial charge is 0.0454 e. The highest BCUT2D eigenvalue weighted by atomic mass is 14.9. The van der Waals surface area contributed by atoms with E-state index in [9.17, 15) is 0 Å². The lowest BCUT2D eigenvalue weighted by molar-refractivity contribution is 0.477. The molecule has 2 atom stereocenters. The molecule has 21 heavy (non-hydrogen) atoms. The van der Waals surface area contributed by atoms with Crippen molar-refractivity contribution in [2.24, 2.45) is 0 Å². The summed E-state index contributed by atoms with van der Waals surface area (Å²) in [6, 6.07) is 20.2. The first-order chi connectivity index (χ1) is 10.2. The zero-order valence-corrected chi connectivity index (χ0v) is 12.6. The van der Waals surface area contributed by atoms with Gasteiger partial charge in [-0.3, -0.25) is 0 Å². The van der Waals surface area contributed by atoms with Crippen LogP contribution in [-0.2, 0) is 6.42 Å². The molecule has 0 saturated carbocycles. The number of fused-ring (bicyclic) bond motifs is 1. The fourth-order valence-electron chi connectivity index (χ4n) is 2.91. The molecule has 2 N–H and O–H groups in total. The van der Waals surface area contributed by atoms with Gasteiger partial charge >= 0.3 is 0 Å². The SMILES string of the molecule is C[C@H](Cc1ccc2[nH]ccc2c1)N[C@H](C)c1ccccc1. The fraction of sp³-hybridized carbons (Fsp3) is 0.263. The molecule has 0 radical (unpaired) electrons. The van der Waals surface area contributed by atoms with Crippen LogP contribution in [0.15, 0.2) is 60.8 Å². The standard InChI is InChI=1S/C19H22N2/c1-14(21-15(2)17-6-4-3-5-7-17)12-16-8-9-19-18(13-16)10-11-20-19/h3-11,13-15,20-21H,12H2,1-2H3/t14-,15-/m1/s1. The van der Waals surface area contributed by atoms with Gasteiger partial charge in [-0.05, 0) is 55.0 Å². The van der Waals surface area contributed by atoms with Gasteiger partial charge in [0.25, 0.3) is 0 Å². The summed E-state index contributed by atoms with van der Waals surface area (Å²) in [5, 5.41) is 4.97. The second-order valence-corrected chi connectivity index (χ2v) is 5.80. The zero-order chi connectivity index (χ0) is 14.7. The predicted molar refractivity (Wildman–Crippen MR) is 89.5 cm³/mol. The third-order valence-corrected chi connectivity index (χ3v) is 3.99. The quantitative estimate of drug-likeness (QED) is 0.709. The normalized spacial score (nSPS) is 14.2. The van der Waals surface area contributed by atoms with E-state index in [1.807, 2.05) is 6.20 Å². The van der Waals surface area contributed by atoms with Crippen LogP contribution in [0.3, 0.4) is 0 Å². The van der Waals surface area contributed by atoms with Crippen molar-refractivity contribution in [2.75, 3.05) is 0 Å². The van der Waals surface area contributed by atoms with E-state index in [4.69, 9.17) is 0 Å².